The molecule has 1 aliphatic carbocycles. The molecule has 2 amide bonds. The molecule has 0 atom stereocenters. The van der Waals surface area contributed by atoms with Crippen LogP contribution in [0.2, 0.25) is 5.02 Å². The van der Waals surface area contributed by atoms with Crippen molar-refractivity contribution in [1.29, 1.82) is 0 Å². The first-order valence-electron chi connectivity index (χ1n) is 12.7. The van der Waals surface area contributed by atoms with E-state index in [4.69, 9.17) is 16.6 Å². The van der Waals surface area contributed by atoms with Crippen LogP contribution in [0.25, 0.3) is 11.0 Å². The SMILES string of the molecule is CN(C(=O)CC1CCCC1)c1ccc2c(c1)nc(NC(=O)c1ccc(Cl)cc1)n2CCc1ccccn1. The molecule has 0 saturated heterocycles. The van der Waals surface area contributed by atoms with Crippen molar-refractivity contribution in [2.45, 2.75) is 45.1 Å². The van der Waals surface area contributed by atoms with Gasteiger partial charge in [-0.3, -0.25) is 19.9 Å². The van der Waals surface area contributed by atoms with Gasteiger partial charge in [0.1, 0.15) is 0 Å². The van der Waals surface area contributed by atoms with Crippen LogP contribution in [-0.2, 0) is 17.8 Å². The quantitative estimate of drug-likeness (QED) is 0.306. The number of nitrogens with one attached hydrogen (secondary N) is 1. The monoisotopic (exact) mass is 515 g/mol. The molecule has 2 heterocycles. The number of hydrogen-bond acceptors (Lipinski definition) is 4. The maximum atomic E-state index is 13.0. The molecular formula is C29H30ClN5O2. The minimum atomic E-state index is -0.268. The van der Waals surface area contributed by atoms with Crippen molar-refractivity contribution in [2.24, 2.45) is 5.92 Å². The summed E-state index contributed by atoms with van der Waals surface area (Å²) < 4.78 is 1.99. The lowest BCUT2D eigenvalue weighted by Crippen LogP contribution is -2.27. The Hall–Kier alpha value is -3.71. The van der Waals surface area contributed by atoms with Crippen molar-refractivity contribution in [3.05, 3.63) is 83.1 Å². The van der Waals surface area contributed by atoms with Crippen molar-refractivity contribution in [1.82, 2.24) is 14.5 Å². The summed E-state index contributed by atoms with van der Waals surface area (Å²) in [6.07, 6.45) is 7.73. The van der Waals surface area contributed by atoms with Gasteiger partial charge in [0, 0.05) is 54.6 Å². The number of carbonyl (C=O) groups excluding carboxylic acids is 2. The lowest BCUT2D eigenvalue weighted by molar-refractivity contribution is -0.119. The number of anilines is 2. The predicted molar refractivity (Wildman–Crippen MR) is 147 cm³/mol. The van der Waals surface area contributed by atoms with Gasteiger partial charge in [0.05, 0.1) is 11.0 Å². The van der Waals surface area contributed by atoms with E-state index in [0.29, 0.717) is 47.4 Å². The zero-order valence-corrected chi connectivity index (χ0v) is 21.6. The maximum absolute atomic E-state index is 13.0. The highest BCUT2D eigenvalue weighted by molar-refractivity contribution is 6.30. The fraction of sp³-hybridized carbons (Fsp3) is 0.310. The molecule has 7 nitrogen and oxygen atoms in total. The Morgan fingerprint density at radius 3 is 2.59 bits per heavy atom. The number of halogens is 1. The number of aryl methyl sites for hydroxylation is 2. The van der Waals surface area contributed by atoms with Gasteiger partial charge >= 0.3 is 0 Å². The summed E-state index contributed by atoms with van der Waals surface area (Å²) in [6.45, 7) is 0.583. The van der Waals surface area contributed by atoms with Crippen molar-refractivity contribution in [3.63, 3.8) is 0 Å². The Morgan fingerprint density at radius 2 is 1.86 bits per heavy atom. The number of nitrogens with zero attached hydrogens (tertiary/aromatic N) is 4. The molecule has 1 aliphatic rings. The number of amides is 2. The lowest BCUT2D eigenvalue weighted by Gasteiger charge is -2.19. The average Bonchev–Trinajstić information content (AvgIpc) is 3.54. The zero-order chi connectivity index (χ0) is 25.8. The summed E-state index contributed by atoms with van der Waals surface area (Å²) >= 11 is 5.98. The number of fused-ring (bicyclic) bond motifs is 1. The predicted octanol–water partition coefficient (Wildman–Crippen LogP) is 6.12. The first-order chi connectivity index (χ1) is 18.0. The van der Waals surface area contributed by atoms with E-state index in [1.165, 1.54) is 12.8 Å². The average molecular weight is 516 g/mol. The number of aromatic nitrogens is 3. The standard InChI is InChI=1S/C29H30ClN5O2/c1-34(27(36)18-20-6-2-3-7-20)24-13-14-26-25(19-24)32-29(33-28(37)21-9-11-22(30)12-10-21)35(26)17-15-23-8-4-5-16-31-23/h4-5,8-14,16,19-20H,2-3,6-7,15,17-18H2,1H3,(H,32,33,37). The second-order valence-electron chi connectivity index (χ2n) is 9.60. The van der Waals surface area contributed by atoms with Crippen molar-refractivity contribution in [3.8, 4) is 0 Å². The summed E-state index contributed by atoms with van der Waals surface area (Å²) in [6, 6.07) is 18.4. The topological polar surface area (TPSA) is 80.1 Å². The number of benzene rings is 2. The molecule has 0 spiro atoms. The molecule has 0 unspecified atom stereocenters. The van der Waals surface area contributed by atoms with Crippen LogP contribution in [0, 0.1) is 5.92 Å². The first-order valence-corrected chi connectivity index (χ1v) is 13.1. The molecule has 2 aromatic heterocycles. The third-order valence-electron chi connectivity index (χ3n) is 7.08. The van der Waals surface area contributed by atoms with Crippen LogP contribution in [0.15, 0.2) is 66.9 Å². The van der Waals surface area contributed by atoms with Gasteiger partial charge in [0.2, 0.25) is 11.9 Å². The van der Waals surface area contributed by atoms with Gasteiger partial charge in [-0.05, 0) is 73.4 Å². The molecule has 190 valence electrons. The van der Waals surface area contributed by atoms with Crippen molar-refractivity contribution < 1.29 is 9.59 Å². The molecule has 37 heavy (non-hydrogen) atoms. The van der Waals surface area contributed by atoms with E-state index in [2.05, 4.69) is 10.3 Å². The van der Waals surface area contributed by atoms with E-state index in [0.717, 1.165) is 29.7 Å². The molecule has 0 radical (unpaired) electrons. The molecule has 2 aromatic carbocycles. The first kappa shape index (κ1) is 25.0. The van der Waals surface area contributed by atoms with E-state index in [9.17, 15) is 9.59 Å². The Morgan fingerprint density at radius 1 is 1.08 bits per heavy atom. The summed E-state index contributed by atoms with van der Waals surface area (Å²) in [5, 5.41) is 3.53. The fourth-order valence-electron chi connectivity index (χ4n) is 4.94. The Kier molecular flexibility index (Phi) is 7.51. The van der Waals surface area contributed by atoms with Gasteiger partial charge in [0.15, 0.2) is 0 Å². The van der Waals surface area contributed by atoms with E-state index < -0.39 is 0 Å². The van der Waals surface area contributed by atoms with Gasteiger partial charge in [-0.15, -0.1) is 0 Å². The van der Waals surface area contributed by atoms with Crippen molar-refractivity contribution in [2.75, 3.05) is 17.3 Å². The summed E-state index contributed by atoms with van der Waals surface area (Å²) in [4.78, 5) is 36.8. The summed E-state index contributed by atoms with van der Waals surface area (Å²) in [5.74, 6) is 0.786. The highest BCUT2D eigenvalue weighted by Crippen LogP contribution is 2.30. The van der Waals surface area contributed by atoms with E-state index in [1.54, 1.807) is 35.4 Å². The highest BCUT2D eigenvalue weighted by atomic mass is 35.5. The maximum Gasteiger partial charge on any atom is 0.257 e. The molecule has 5 rings (SSSR count). The Labute approximate surface area is 221 Å². The molecular weight excluding hydrogens is 486 g/mol. The van der Waals surface area contributed by atoms with Crippen molar-refractivity contribution >= 4 is 46.1 Å². The van der Waals surface area contributed by atoms with Gasteiger partial charge in [-0.2, -0.15) is 0 Å². The Bertz CT molecular complexity index is 1400. The number of hydrogen-bond donors (Lipinski definition) is 1. The number of carbonyl (C=O) groups is 2. The van der Waals surface area contributed by atoms with Crippen LogP contribution in [0.3, 0.4) is 0 Å². The van der Waals surface area contributed by atoms with Crippen LogP contribution in [0.1, 0.15) is 48.2 Å². The third kappa shape index (κ3) is 5.83. The number of rotatable bonds is 8. The number of pyridine rings is 1. The minimum absolute atomic E-state index is 0.122. The molecule has 0 bridgehead atoms. The summed E-state index contributed by atoms with van der Waals surface area (Å²) in [7, 11) is 1.82. The van der Waals surface area contributed by atoms with Gasteiger partial charge in [0.25, 0.3) is 5.91 Å². The normalized spacial score (nSPS) is 13.7. The second kappa shape index (κ2) is 11.1. The smallest absolute Gasteiger partial charge is 0.257 e. The van der Waals surface area contributed by atoms with E-state index >= 15 is 0 Å². The van der Waals surface area contributed by atoms with Crippen LogP contribution < -0.4 is 10.2 Å². The minimum Gasteiger partial charge on any atom is -0.315 e. The van der Waals surface area contributed by atoms with Crippen LogP contribution >= 0.6 is 11.6 Å². The Balaban J connectivity index is 1.42. The van der Waals surface area contributed by atoms with Crippen LogP contribution in [-0.4, -0.2) is 33.4 Å². The molecule has 1 saturated carbocycles. The zero-order valence-electron chi connectivity index (χ0n) is 20.9. The van der Waals surface area contributed by atoms with Gasteiger partial charge in [-0.1, -0.05) is 30.5 Å². The largest absolute Gasteiger partial charge is 0.315 e. The van der Waals surface area contributed by atoms with Crippen LogP contribution in [0.4, 0.5) is 11.6 Å². The fourth-order valence-corrected chi connectivity index (χ4v) is 5.06. The van der Waals surface area contributed by atoms with Gasteiger partial charge in [-0.25, -0.2) is 4.98 Å². The molecule has 0 aliphatic heterocycles. The second-order valence-corrected chi connectivity index (χ2v) is 10.0. The van der Waals surface area contributed by atoms with Gasteiger partial charge < -0.3 is 9.47 Å². The summed E-state index contributed by atoms with van der Waals surface area (Å²) in [5.41, 5.74) is 3.83. The lowest BCUT2D eigenvalue weighted by atomic mass is 10.0. The van der Waals surface area contributed by atoms with Crippen LogP contribution in [0.5, 0.6) is 0 Å². The number of imidazole rings is 1. The van der Waals surface area contributed by atoms with E-state index in [-0.39, 0.29) is 11.8 Å². The van der Waals surface area contributed by atoms with E-state index in [1.807, 2.05) is 48.0 Å². The molecule has 8 heteroatoms. The molecule has 4 aromatic rings. The third-order valence-corrected chi connectivity index (χ3v) is 7.33. The molecule has 1 fully saturated rings. The highest BCUT2D eigenvalue weighted by Gasteiger charge is 2.22. The molecule has 1 N–H and O–H groups in total.